The topological polar surface area (TPSA) is 98.3 Å². The van der Waals surface area contributed by atoms with E-state index in [-0.39, 0.29) is 11.3 Å². The zero-order valence-corrected chi connectivity index (χ0v) is 19.6. The number of nitrogens with zero attached hydrogens (tertiary/aromatic N) is 4. The number of halogens is 1. The van der Waals surface area contributed by atoms with Gasteiger partial charge in [0.2, 0.25) is 5.91 Å². The van der Waals surface area contributed by atoms with Crippen molar-refractivity contribution < 1.29 is 9.53 Å². The lowest BCUT2D eigenvalue weighted by atomic mass is 9.77. The van der Waals surface area contributed by atoms with E-state index < -0.39 is 0 Å². The lowest BCUT2D eigenvalue weighted by Crippen LogP contribution is -2.44. The minimum atomic E-state index is -0.237. The zero-order valence-electron chi connectivity index (χ0n) is 18.8. The normalized spacial score (nSPS) is 19.9. The summed E-state index contributed by atoms with van der Waals surface area (Å²) in [4.78, 5) is 19.0. The van der Waals surface area contributed by atoms with Gasteiger partial charge in [-0.1, -0.05) is 35.9 Å². The Bertz CT molecular complexity index is 1230. The number of nitrogens with two attached hydrogens (primary N) is 1. The van der Waals surface area contributed by atoms with Crippen LogP contribution >= 0.6 is 11.6 Å². The number of amides is 1. The Morgan fingerprint density at radius 2 is 1.79 bits per heavy atom. The first kappa shape index (κ1) is 21.4. The molecule has 0 radical (unpaired) electrons. The van der Waals surface area contributed by atoms with Crippen LogP contribution < -0.4 is 16.0 Å². The van der Waals surface area contributed by atoms with Crippen molar-refractivity contribution in [3.05, 3.63) is 47.9 Å². The first-order valence-corrected chi connectivity index (χ1v) is 12.1. The molecule has 5 heterocycles. The Hall–Kier alpha value is -3.10. The number of hydrogen-bond acceptors (Lipinski definition) is 6. The zero-order chi connectivity index (χ0) is 23.3. The van der Waals surface area contributed by atoms with E-state index in [2.05, 4.69) is 50.8 Å². The summed E-state index contributed by atoms with van der Waals surface area (Å²) >= 11 is 6.71. The fourth-order valence-electron chi connectivity index (χ4n) is 5.27. The molecule has 1 aromatic carbocycles. The summed E-state index contributed by atoms with van der Waals surface area (Å²) < 4.78 is 7.24. The van der Waals surface area contributed by atoms with E-state index in [4.69, 9.17) is 22.1 Å². The molecule has 3 N–H and O–H groups in total. The molecular weight excluding hydrogens is 452 g/mol. The predicted molar refractivity (Wildman–Crippen MR) is 132 cm³/mol. The summed E-state index contributed by atoms with van der Waals surface area (Å²) in [6.07, 6.45) is 8.29. The number of piperidine rings is 1. The van der Waals surface area contributed by atoms with Gasteiger partial charge in [-0.25, -0.2) is 4.98 Å². The van der Waals surface area contributed by atoms with Gasteiger partial charge in [-0.2, -0.15) is 5.10 Å². The molecule has 3 aliphatic rings. The highest BCUT2D eigenvalue weighted by Crippen LogP contribution is 2.44. The monoisotopic (exact) mass is 478 g/mol. The number of rotatable bonds is 4. The second kappa shape index (κ2) is 8.29. The van der Waals surface area contributed by atoms with Crippen LogP contribution in [0.2, 0.25) is 5.02 Å². The van der Waals surface area contributed by atoms with E-state index in [0.29, 0.717) is 16.9 Å². The third kappa shape index (κ3) is 3.52. The number of carbonyl (C=O) groups excluding carboxylic acids is 1. The molecule has 3 aromatic rings. The summed E-state index contributed by atoms with van der Waals surface area (Å²) in [6, 6.07) is 8.69. The van der Waals surface area contributed by atoms with Crippen molar-refractivity contribution >= 4 is 29.0 Å². The van der Waals surface area contributed by atoms with Gasteiger partial charge in [-0.15, -0.1) is 0 Å². The van der Waals surface area contributed by atoms with E-state index in [1.165, 1.54) is 0 Å². The van der Waals surface area contributed by atoms with E-state index in [1.54, 1.807) is 6.20 Å². The van der Waals surface area contributed by atoms with Crippen molar-refractivity contribution in [1.29, 1.82) is 0 Å². The molecule has 0 bridgehead atoms. The van der Waals surface area contributed by atoms with Crippen LogP contribution in [0.5, 0.6) is 0 Å². The molecule has 34 heavy (non-hydrogen) atoms. The first-order chi connectivity index (χ1) is 16.5. The number of ether oxygens (including phenoxy) is 1. The third-order valence-corrected chi connectivity index (χ3v) is 7.93. The van der Waals surface area contributed by atoms with Crippen LogP contribution in [0.15, 0.2) is 42.9 Å². The molecule has 2 aromatic heterocycles. The van der Waals surface area contributed by atoms with Gasteiger partial charge >= 0.3 is 0 Å². The van der Waals surface area contributed by atoms with Gasteiger partial charge in [0.15, 0.2) is 0 Å². The summed E-state index contributed by atoms with van der Waals surface area (Å²) in [5.74, 6) is 0.514. The van der Waals surface area contributed by atoms with E-state index >= 15 is 0 Å². The summed E-state index contributed by atoms with van der Waals surface area (Å²) in [5, 5.41) is 7.96. The summed E-state index contributed by atoms with van der Waals surface area (Å²) in [7, 11) is 0. The maximum atomic E-state index is 12.4. The minimum absolute atomic E-state index is 0.191. The first-order valence-electron chi connectivity index (χ1n) is 11.7. The predicted octanol–water partition coefficient (Wildman–Crippen LogP) is 3.53. The SMILES string of the molecule is Nc1ncc(-c2ccc(-c3cnn(C4COC4)c3)cc2)c(N2CCC3(CCNC3=O)CC2)c1Cl. The van der Waals surface area contributed by atoms with Gasteiger partial charge in [-0.05, 0) is 30.4 Å². The van der Waals surface area contributed by atoms with Gasteiger partial charge in [-0.3, -0.25) is 9.48 Å². The Morgan fingerprint density at radius 3 is 2.44 bits per heavy atom. The maximum Gasteiger partial charge on any atom is 0.226 e. The fraction of sp³-hybridized carbons (Fsp3) is 0.400. The number of hydrogen-bond donors (Lipinski definition) is 2. The highest BCUT2D eigenvalue weighted by atomic mass is 35.5. The van der Waals surface area contributed by atoms with Crippen LogP contribution in [-0.2, 0) is 9.53 Å². The second-order valence-electron chi connectivity index (χ2n) is 9.47. The van der Waals surface area contributed by atoms with E-state index in [1.807, 2.05) is 10.9 Å². The highest BCUT2D eigenvalue weighted by molar-refractivity contribution is 6.36. The molecule has 3 saturated heterocycles. The number of nitrogen functional groups attached to an aromatic ring is 1. The van der Waals surface area contributed by atoms with Gasteiger partial charge < -0.3 is 20.7 Å². The molecule has 6 rings (SSSR count). The highest BCUT2D eigenvalue weighted by Gasteiger charge is 2.44. The van der Waals surface area contributed by atoms with Gasteiger partial charge in [0.1, 0.15) is 10.8 Å². The van der Waals surface area contributed by atoms with Crippen molar-refractivity contribution in [3.8, 4) is 22.3 Å². The van der Waals surface area contributed by atoms with Crippen LogP contribution in [0.1, 0.15) is 25.3 Å². The largest absolute Gasteiger partial charge is 0.382 e. The van der Waals surface area contributed by atoms with Crippen LogP contribution in [0.3, 0.4) is 0 Å². The van der Waals surface area contributed by atoms with Crippen LogP contribution in [-0.4, -0.2) is 53.5 Å². The molecule has 0 aliphatic carbocycles. The number of anilines is 2. The quantitative estimate of drug-likeness (QED) is 0.595. The average Bonchev–Trinajstić information content (AvgIpc) is 3.43. The second-order valence-corrected chi connectivity index (χ2v) is 9.85. The van der Waals surface area contributed by atoms with Crippen molar-refractivity contribution in [1.82, 2.24) is 20.1 Å². The number of benzene rings is 1. The van der Waals surface area contributed by atoms with E-state index in [0.717, 1.165) is 80.1 Å². The Labute approximate surface area is 203 Å². The number of pyridine rings is 1. The van der Waals surface area contributed by atoms with Gasteiger partial charge in [0.05, 0.1) is 36.6 Å². The van der Waals surface area contributed by atoms with Crippen molar-refractivity contribution in [2.24, 2.45) is 5.41 Å². The molecule has 9 heteroatoms. The third-order valence-electron chi connectivity index (χ3n) is 7.55. The van der Waals surface area contributed by atoms with Gasteiger partial charge in [0, 0.05) is 43.2 Å². The van der Waals surface area contributed by atoms with Crippen molar-refractivity contribution in [2.75, 3.05) is 43.5 Å². The molecule has 0 unspecified atom stereocenters. The number of aromatic nitrogens is 3. The maximum absolute atomic E-state index is 12.4. The van der Waals surface area contributed by atoms with Gasteiger partial charge in [0.25, 0.3) is 0 Å². The lowest BCUT2D eigenvalue weighted by molar-refractivity contribution is -0.128. The molecule has 3 aliphatic heterocycles. The van der Waals surface area contributed by atoms with Crippen molar-refractivity contribution in [3.63, 3.8) is 0 Å². The molecule has 176 valence electrons. The van der Waals surface area contributed by atoms with Crippen LogP contribution in [0, 0.1) is 5.41 Å². The van der Waals surface area contributed by atoms with Crippen LogP contribution in [0.25, 0.3) is 22.3 Å². The molecule has 0 atom stereocenters. The molecule has 0 saturated carbocycles. The number of carbonyl (C=O) groups is 1. The minimum Gasteiger partial charge on any atom is -0.382 e. The Kier molecular flexibility index (Phi) is 5.22. The molecule has 8 nitrogen and oxygen atoms in total. The summed E-state index contributed by atoms with van der Waals surface area (Å²) in [5.41, 5.74) is 10.9. The van der Waals surface area contributed by atoms with E-state index in [9.17, 15) is 4.79 Å². The smallest absolute Gasteiger partial charge is 0.226 e. The molecular formula is C25H27ClN6O2. The van der Waals surface area contributed by atoms with Crippen LogP contribution in [0.4, 0.5) is 11.5 Å². The molecule has 1 amide bonds. The Morgan fingerprint density at radius 1 is 1.06 bits per heavy atom. The van der Waals surface area contributed by atoms with Crippen molar-refractivity contribution in [2.45, 2.75) is 25.3 Å². The average molecular weight is 479 g/mol. The standard InChI is InChI=1S/C25H27ClN6O2/c26-21-22(31-9-6-25(7-10-31)5-8-28-24(25)33)20(12-29-23(21)27)17-3-1-16(2-4-17)18-11-30-32(13-18)19-14-34-15-19/h1-4,11-13,19H,5-10,14-15H2,(H2,27,29)(H,28,33). The Balaban J connectivity index is 1.28. The lowest BCUT2D eigenvalue weighted by Gasteiger charge is -2.39. The number of nitrogens with one attached hydrogen (secondary N) is 1. The fourth-order valence-corrected chi connectivity index (χ4v) is 5.54. The molecule has 3 fully saturated rings. The molecule has 1 spiro atoms. The summed E-state index contributed by atoms with van der Waals surface area (Å²) in [6.45, 7) is 3.72.